The molecule has 0 aliphatic heterocycles. The molecule has 0 radical (unpaired) electrons. The van der Waals surface area contributed by atoms with Gasteiger partial charge in [0, 0.05) is 0 Å². The molecule has 2 aromatic carbocycles. The van der Waals surface area contributed by atoms with Gasteiger partial charge in [-0.1, -0.05) is 0 Å². The van der Waals surface area contributed by atoms with Crippen molar-refractivity contribution >= 4 is 19.3 Å². The Morgan fingerprint density at radius 1 is 0.815 bits per heavy atom. The molecule has 2 aliphatic carbocycles. The van der Waals surface area contributed by atoms with Gasteiger partial charge in [-0.3, -0.25) is 0 Å². The maximum atomic E-state index is 2.66. The SMILES string of the molecule is C[Si](C1=Cc2ccccc2[CH]1[Ti+3])(c1ccccc1)C1CCCCC1.[Cl-].[Cl-].[Cl-]. The van der Waals surface area contributed by atoms with Gasteiger partial charge in [-0.05, 0) is 0 Å². The van der Waals surface area contributed by atoms with Crippen molar-refractivity contribution < 1.29 is 57.7 Å². The van der Waals surface area contributed by atoms with Crippen molar-refractivity contribution in [2.24, 2.45) is 0 Å². The standard InChI is InChI=1S/C22H25Si.3ClH.Ti/c1-23(20-12-4-2-5-13-20,21-14-6-3-7-15-21)22-16-18-10-8-9-11-19(18)17-22;;;;/h2,4-5,8-13,16-17,21H,3,6-7,14-15H2,1H3;3*1H;/q;;;;+3/p-3. The van der Waals surface area contributed by atoms with Crippen molar-refractivity contribution in [3.8, 4) is 0 Å². The van der Waals surface area contributed by atoms with Crippen LogP contribution in [0.3, 0.4) is 0 Å². The van der Waals surface area contributed by atoms with Crippen molar-refractivity contribution in [3.63, 3.8) is 0 Å². The summed E-state index contributed by atoms with van der Waals surface area (Å²) < 4.78 is 0.583. The van der Waals surface area contributed by atoms with Crippen molar-refractivity contribution in [3.05, 3.63) is 70.9 Å². The number of halogens is 3. The van der Waals surface area contributed by atoms with E-state index in [1.165, 1.54) is 43.2 Å². The van der Waals surface area contributed by atoms with Crippen LogP contribution >= 0.6 is 0 Å². The summed E-state index contributed by atoms with van der Waals surface area (Å²) in [5, 5.41) is 3.41. The van der Waals surface area contributed by atoms with Crippen LogP contribution in [0.15, 0.2) is 59.8 Å². The molecule has 2 unspecified atom stereocenters. The van der Waals surface area contributed by atoms with Crippen LogP contribution in [-0.2, 0) is 20.4 Å². The summed E-state index contributed by atoms with van der Waals surface area (Å²) in [7, 11) is -1.69. The topological polar surface area (TPSA) is 0 Å². The Morgan fingerprint density at radius 3 is 2.04 bits per heavy atom. The van der Waals surface area contributed by atoms with E-state index in [1.54, 1.807) is 10.4 Å². The minimum atomic E-state index is -1.69. The first-order chi connectivity index (χ1) is 11.7. The molecule has 0 amide bonds. The Hall–Kier alpha value is -0.0188. The average Bonchev–Trinajstić information content (AvgIpc) is 3.00. The molecule has 4 rings (SSSR count). The fraction of sp³-hybridized carbons (Fsp3) is 0.364. The third-order valence-corrected chi connectivity index (χ3v) is 13.1. The van der Waals surface area contributed by atoms with E-state index in [-0.39, 0.29) is 37.2 Å². The van der Waals surface area contributed by atoms with E-state index in [0.29, 0.717) is 4.22 Å². The maximum absolute atomic E-state index is 2.66. The van der Waals surface area contributed by atoms with E-state index in [1.807, 2.05) is 0 Å². The van der Waals surface area contributed by atoms with Crippen molar-refractivity contribution in [2.75, 3.05) is 0 Å². The smallest absolute Gasteiger partial charge is 1.00 e. The summed E-state index contributed by atoms with van der Waals surface area (Å²) in [6, 6.07) is 20.5. The van der Waals surface area contributed by atoms with Crippen LogP contribution in [0, 0.1) is 0 Å². The van der Waals surface area contributed by atoms with Crippen LogP contribution in [0.1, 0.15) is 47.5 Å². The third kappa shape index (κ3) is 4.60. The molecule has 0 spiro atoms. The van der Waals surface area contributed by atoms with Crippen LogP contribution in [0.4, 0.5) is 0 Å². The zero-order valence-electron chi connectivity index (χ0n) is 15.6. The molecular weight excluding hydrogens is 447 g/mol. The molecule has 1 saturated carbocycles. The summed E-state index contributed by atoms with van der Waals surface area (Å²) in [5.74, 6) is 0. The molecule has 27 heavy (non-hydrogen) atoms. The molecular formula is C22H25Cl3SiTi. The van der Waals surface area contributed by atoms with Crippen molar-refractivity contribution in [2.45, 2.75) is 48.4 Å². The van der Waals surface area contributed by atoms with E-state index < -0.39 is 8.07 Å². The van der Waals surface area contributed by atoms with Crippen LogP contribution in [-0.4, -0.2) is 8.07 Å². The third-order valence-electron chi connectivity index (χ3n) is 6.32. The summed E-state index contributed by atoms with van der Waals surface area (Å²) in [6.45, 7) is 2.66. The van der Waals surface area contributed by atoms with Gasteiger partial charge in [0.1, 0.15) is 0 Å². The first-order valence-electron chi connectivity index (χ1n) is 9.29. The van der Waals surface area contributed by atoms with Gasteiger partial charge in [-0.15, -0.1) is 0 Å². The van der Waals surface area contributed by atoms with Crippen molar-refractivity contribution in [1.82, 2.24) is 0 Å². The Labute approximate surface area is 195 Å². The Balaban J connectivity index is 0.00000121. The van der Waals surface area contributed by atoms with Gasteiger partial charge in [0.15, 0.2) is 0 Å². The zero-order chi connectivity index (χ0) is 16.6. The molecule has 0 bridgehead atoms. The van der Waals surface area contributed by atoms with Gasteiger partial charge in [-0.2, -0.15) is 0 Å². The van der Waals surface area contributed by atoms with Crippen LogP contribution in [0.25, 0.3) is 6.08 Å². The van der Waals surface area contributed by atoms with Crippen molar-refractivity contribution in [1.29, 1.82) is 0 Å². The molecule has 2 aliphatic rings. The summed E-state index contributed by atoms with van der Waals surface area (Å²) in [5.41, 5.74) is 3.90. The van der Waals surface area contributed by atoms with E-state index in [9.17, 15) is 0 Å². The first-order valence-corrected chi connectivity index (χ1v) is 12.8. The largest absolute Gasteiger partial charge is 1.00 e. The van der Waals surface area contributed by atoms with Gasteiger partial charge in [0.25, 0.3) is 0 Å². The first kappa shape index (κ1) is 25.0. The van der Waals surface area contributed by atoms with Gasteiger partial charge in [-0.25, -0.2) is 0 Å². The second-order valence-electron chi connectivity index (χ2n) is 7.56. The van der Waals surface area contributed by atoms with Crippen LogP contribution in [0.5, 0.6) is 0 Å². The molecule has 1 fully saturated rings. The summed E-state index contributed by atoms with van der Waals surface area (Å²) >= 11 is 2.44. The molecule has 142 valence electrons. The second-order valence-corrected chi connectivity index (χ2v) is 12.8. The quantitative estimate of drug-likeness (QED) is 0.409. The minimum absolute atomic E-state index is 0. The summed E-state index contributed by atoms with van der Waals surface area (Å²) in [4.78, 5) is 0. The molecule has 0 aromatic heterocycles. The number of benzene rings is 2. The molecule has 0 saturated heterocycles. The molecule has 2 atom stereocenters. The van der Waals surface area contributed by atoms with Gasteiger partial charge in [0.2, 0.25) is 0 Å². The Kier molecular flexibility index (Phi) is 9.89. The van der Waals surface area contributed by atoms with E-state index in [0.717, 1.165) is 5.54 Å². The number of allylic oxidation sites excluding steroid dienone is 1. The van der Waals surface area contributed by atoms with Crippen LogP contribution in [0.2, 0.25) is 12.1 Å². The number of rotatable bonds is 3. The van der Waals surface area contributed by atoms with E-state index >= 15 is 0 Å². The zero-order valence-corrected chi connectivity index (χ0v) is 20.4. The molecule has 5 heteroatoms. The minimum Gasteiger partial charge on any atom is -1.00 e. The molecule has 0 N–H and O–H groups in total. The second kappa shape index (κ2) is 10.7. The summed E-state index contributed by atoms with van der Waals surface area (Å²) in [6.07, 6.45) is 9.71. The Bertz CT molecular complexity index is 759. The molecule has 2 aromatic rings. The van der Waals surface area contributed by atoms with E-state index in [2.05, 4.69) is 87.7 Å². The van der Waals surface area contributed by atoms with Crippen LogP contribution < -0.4 is 42.4 Å². The monoisotopic (exact) mass is 470 g/mol. The number of fused-ring (bicyclic) bond motifs is 1. The molecule has 0 heterocycles. The number of hydrogen-bond donors (Lipinski definition) is 0. The predicted octanol–water partition coefficient (Wildman–Crippen LogP) is -3.46. The average molecular weight is 472 g/mol. The van der Waals surface area contributed by atoms with Gasteiger partial charge in [0.05, 0.1) is 0 Å². The molecule has 0 nitrogen and oxygen atoms in total. The fourth-order valence-corrected chi connectivity index (χ4v) is 11.8. The fourth-order valence-electron chi connectivity index (χ4n) is 4.88. The maximum Gasteiger partial charge on any atom is -1.00 e. The number of hydrogen-bond acceptors (Lipinski definition) is 0. The Morgan fingerprint density at radius 2 is 1.41 bits per heavy atom. The van der Waals surface area contributed by atoms with Gasteiger partial charge >= 0.3 is 159 Å². The predicted molar refractivity (Wildman–Crippen MR) is 102 cm³/mol. The van der Waals surface area contributed by atoms with Gasteiger partial charge < -0.3 is 37.2 Å². The normalized spacial score (nSPS) is 20.9. The van der Waals surface area contributed by atoms with E-state index in [4.69, 9.17) is 0 Å².